The van der Waals surface area contributed by atoms with Crippen LogP contribution in [-0.2, 0) is 17.8 Å². The summed E-state index contributed by atoms with van der Waals surface area (Å²) in [5.74, 6) is 0.0678. The van der Waals surface area contributed by atoms with Crippen molar-refractivity contribution in [2.75, 3.05) is 36.9 Å². The average molecular weight is 870 g/mol. The molecule has 4 radical (unpaired) electrons. The van der Waals surface area contributed by atoms with Crippen LogP contribution >= 0.6 is 11.3 Å². The maximum atomic E-state index is 13.0. The van der Waals surface area contributed by atoms with E-state index in [1.165, 1.54) is 38.5 Å². The second-order valence-corrected chi connectivity index (χ2v) is 20.3. The zero-order valence-corrected chi connectivity index (χ0v) is 38.8. The third-order valence-electron chi connectivity index (χ3n) is 13.9. The molecular formula is C47H61B2N9O4S. The van der Waals surface area contributed by atoms with E-state index in [1.54, 1.807) is 11.3 Å². The maximum absolute atomic E-state index is 13.0. The zero-order chi connectivity index (χ0) is 45.3. The van der Waals surface area contributed by atoms with Crippen LogP contribution in [0.4, 0.5) is 22.6 Å². The van der Waals surface area contributed by atoms with Gasteiger partial charge in [-0.05, 0) is 138 Å². The molecule has 13 nitrogen and oxygen atoms in total. The first-order chi connectivity index (χ1) is 30.1. The van der Waals surface area contributed by atoms with Crippen molar-refractivity contribution in [2.24, 2.45) is 21.7 Å². The number of carboxylic acids is 2. The van der Waals surface area contributed by atoms with Gasteiger partial charge in [-0.15, -0.1) is 10.2 Å². The molecule has 2 atom stereocenters. The van der Waals surface area contributed by atoms with Crippen molar-refractivity contribution in [1.82, 2.24) is 34.8 Å². The second kappa shape index (κ2) is 18.3. The van der Waals surface area contributed by atoms with Crippen molar-refractivity contribution in [3.05, 3.63) is 65.1 Å². The summed E-state index contributed by atoms with van der Waals surface area (Å²) in [4.78, 5) is 37.7. The number of benzene rings is 1. The topological polar surface area (TPSA) is 162 Å². The molecule has 63 heavy (non-hydrogen) atoms. The molecule has 3 N–H and O–H groups in total. The van der Waals surface area contributed by atoms with Gasteiger partial charge in [-0.3, -0.25) is 9.48 Å². The zero-order valence-electron chi connectivity index (χ0n) is 38.0. The first-order valence-electron chi connectivity index (χ1n) is 22.4. The van der Waals surface area contributed by atoms with Gasteiger partial charge in [0, 0.05) is 63.1 Å². The van der Waals surface area contributed by atoms with Crippen LogP contribution in [0.15, 0.2) is 42.6 Å². The normalized spacial score (nSPS) is 24.3. The quantitative estimate of drug-likeness (QED) is 0.0909. The van der Waals surface area contributed by atoms with Crippen molar-refractivity contribution >= 4 is 71.6 Å². The Morgan fingerprint density at radius 2 is 1.62 bits per heavy atom. The summed E-state index contributed by atoms with van der Waals surface area (Å²) >= 11 is 1.57. The third-order valence-corrected chi connectivity index (χ3v) is 14.9. The Morgan fingerprint density at radius 1 is 0.905 bits per heavy atom. The molecule has 5 heterocycles. The highest BCUT2D eigenvalue weighted by Crippen LogP contribution is 2.75. The number of nitrogens with zero attached hydrogens (tertiary/aromatic N) is 8. The number of aromatic carboxylic acids is 1. The molecule has 2 unspecified atom stereocenters. The van der Waals surface area contributed by atoms with E-state index in [1.807, 2.05) is 69.2 Å². The molecule has 0 saturated heterocycles. The minimum Gasteiger partial charge on any atom is -0.481 e. The lowest BCUT2D eigenvalue weighted by Crippen LogP contribution is -2.60. The summed E-state index contributed by atoms with van der Waals surface area (Å²) in [5, 5.41) is 38.1. The number of hydrogen-bond acceptors (Lipinski definition) is 11. The molecule has 1 aromatic carbocycles. The number of carboxylic acid groups (broad SMARTS) is 2. The number of anilines is 4. The molecule has 5 aliphatic rings. The van der Waals surface area contributed by atoms with E-state index < -0.39 is 11.9 Å². The maximum Gasteiger partial charge on any atom is 0.355 e. The monoisotopic (exact) mass is 869 g/mol. The van der Waals surface area contributed by atoms with E-state index in [4.69, 9.17) is 20.2 Å². The number of pyridine rings is 1. The number of thiazole rings is 1. The van der Waals surface area contributed by atoms with E-state index in [9.17, 15) is 14.7 Å². The minimum absolute atomic E-state index is 0.00169. The van der Waals surface area contributed by atoms with E-state index in [0.29, 0.717) is 36.1 Å². The summed E-state index contributed by atoms with van der Waals surface area (Å²) in [6.07, 6.45) is 13.3. The number of rotatable bonds is 14. The van der Waals surface area contributed by atoms with Gasteiger partial charge in [-0.1, -0.05) is 51.2 Å². The van der Waals surface area contributed by atoms with Crippen molar-refractivity contribution in [1.29, 1.82) is 0 Å². The molecule has 5 aromatic rings. The fraction of sp³-hybridized carbons (Fsp3) is 0.553. The Labute approximate surface area is 378 Å². The highest BCUT2D eigenvalue weighted by Gasteiger charge is 2.65. The lowest BCUT2D eigenvalue weighted by molar-refractivity contribution is -0.198. The number of nitrogens with one attached hydrogen (secondary N) is 1. The molecule has 16 heteroatoms. The molecular weight excluding hydrogens is 808 g/mol. The molecule has 4 bridgehead atoms. The molecule has 4 fully saturated rings. The molecule has 4 saturated carbocycles. The van der Waals surface area contributed by atoms with Gasteiger partial charge in [-0.2, -0.15) is 5.10 Å². The van der Waals surface area contributed by atoms with Crippen LogP contribution in [0.3, 0.4) is 0 Å². The van der Waals surface area contributed by atoms with Crippen LogP contribution in [-0.4, -0.2) is 99.2 Å². The van der Waals surface area contributed by atoms with Crippen molar-refractivity contribution in [3.63, 3.8) is 0 Å². The number of para-hydroxylation sites is 1. The summed E-state index contributed by atoms with van der Waals surface area (Å²) in [6.45, 7) is 16.1. The Kier molecular flexibility index (Phi) is 13.4. The third kappa shape index (κ3) is 9.39. The fourth-order valence-corrected chi connectivity index (χ4v) is 13.7. The van der Waals surface area contributed by atoms with Gasteiger partial charge in [-0.25, -0.2) is 14.8 Å². The smallest absolute Gasteiger partial charge is 0.355 e. The predicted octanol–water partition coefficient (Wildman–Crippen LogP) is 9.31. The van der Waals surface area contributed by atoms with Crippen molar-refractivity contribution in [2.45, 2.75) is 119 Å². The molecule has 4 aromatic heterocycles. The van der Waals surface area contributed by atoms with Crippen LogP contribution < -0.4 is 10.2 Å². The van der Waals surface area contributed by atoms with Gasteiger partial charge in [0.25, 0.3) is 0 Å². The van der Waals surface area contributed by atoms with E-state index in [2.05, 4.69) is 67.4 Å². The summed E-state index contributed by atoms with van der Waals surface area (Å²) in [6, 6.07) is 11.8. The molecule has 0 amide bonds. The molecule has 1 aliphatic heterocycles. The first-order valence-corrected chi connectivity index (χ1v) is 23.2. The summed E-state index contributed by atoms with van der Waals surface area (Å²) < 4.78 is 3.24. The van der Waals surface area contributed by atoms with Gasteiger partial charge in [0.05, 0.1) is 22.8 Å². The minimum atomic E-state index is -1.08. The number of aromatic nitrogens is 6. The second-order valence-electron chi connectivity index (χ2n) is 19.2. The molecule has 330 valence electrons. The van der Waals surface area contributed by atoms with Gasteiger partial charge >= 0.3 is 11.9 Å². The fourth-order valence-electron chi connectivity index (χ4n) is 12.9. The van der Waals surface area contributed by atoms with Crippen molar-refractivity contribution < 1.29 is 19.8 Å². The van der Waals surface area contributed by atoms with Crippen LogP contribution in [0, 0.1) is 35.5 Å². The van der Waals surface area contributed by atoms with E-state index in [0.717, 1.165) is 76.5 Å². The van der Waals surface area contributed by atoms with Crippen molar-refractivity contribution in [3.8, 4) is 11.1 Å². The lowest BCUT2D eigenvalue weighted by atomic mass is 9.35. The number of fused-ring (bicyclic) bond motifs is 2. The van der Waals surface area contributed by atoms with Gasteiger partial charge in [0.2, 0.25) is 0 Å². The molecule has 4 aliphatic carbocycles. The Bertz CT molecular complexity index is 2420. The van der Waals surface area contributed by atoms with Crippen LogP contribution in [0.1, 0.15) is 119 Å². The Hall–Kier alpha value is -4.82. The van der Waals surface area contributed by atoms with Crippen LogP contribution in [0.5, 0.6) is 0 Å². The highest BCUT2D eigenvalue weighted by molar-refractivity contribution is 7.22. The van der Waals surface area contributed by atoms with Gasteiger partial charge in [0.1, 0.15) is 5.82 Å². The van der Waals surface area contributed by atoms with Crippen LogP contribution in [0.25, 0.3) is 21.3 Å². The number of hydrogen-bond donors (Lipinski definition) is 3. The van der Waals surface area contributed by atoms with E-state index in [-0.39, 0.29) is 33.8 Å². The predicted molar refractivity (Wildman–Crippen MR) is 253 cm³/mol. The molecule has 0 spiro atoms. The van der Waals surface area contributed by atoms with Gasteiger partial charge in [0.15, 0.2) is 22.5 Å². The largest absolute Gasteiger partial charge is 0.481 e. The Balaban J connectivity index is 0.00000145. The van der Waals surface area contributed by atoms with Crippen LogP contribution in [0.2, 0.25) is 0 Å². The van der Waals surface area contributed by atoms with E-state index >= 15 is 0 Å². The molecule has 10 rings (SSSR count). The summed E-state index contributed by atoms with van der Waals surface area (Å²) in [5.41, 5.74) is 6.25. The average Bonchev–Trinajstić information content (AvgIpc) is 3.82. The highest BCUT2D eigenvalue weighted by atomic mass is 32.1. The van der Waals surface area contributed by atoms with Gasteiger partial charge < -0.3 is 25.3 Å². The lowest BCUT2D eigenvalue weighted by Gasteiger charge is -2.70. The summed E-state index contributed by atoms with van der Waals surface area (Å²) in [7, 11) is 10.0. The Morgan fingerprint density at radius 3 is 2.32 bits per heavy atom. The standard InChI is InChI=1S/C45H55N9O4S.C2H6.B2/c1-28-30-10-8-18-53(39(30)51-50-38(28)49-41-47-33-11-6-7-12-34(33)59-41)35-14-13-31(37(48-35)40(57)58)32-20-46-54(29(32)2)27-45-24-42(3)21-43(4,25-45)23-44(22-42,26-45)16-9-17-52(5)19-15-36(55)56;2*1-2/h6-7,11-14,20H,8-10,15-19,21-27H2,1-5H3,(H,55,56)(H,57,58)(H,47,49,50);1-2H3;. The SMILES string of the molecule is CC.Cc1c(Nc2nc3ccccc3s2)nnc2c1CCCN2c1ccc(-c2cnn(CC34CC5(C)CC(C)(CC(CCCN(C)CCC(=O)O)(C5)C3)C4)c2C)c(C(=O)O)n1.[B][B]. The number of carbonyl (C=O) groups is 2. The number of aliphatic carboxylic acids is 1. The first kappa shape index (κ1) is 46.2.